The summed E-state index contributed by atoms with van der Waals surface area (Å²) in [6.07, 6.45) is 1.30. The van der Waals surface area contributed by atoms with E-state index in [0.717, 1.165) is 46.7 Å². The second kappa shape index (κ2) is 9.49. The van der Waals surface area contributed by atoms with Crippen LogP contribution in [-0.4, -0.2) is 39.5 Å². The first kappa shape index (κ1) is 25.3. The maximum Gasteiger partial charge on any atom is 0.280 e. The smallest absolute Gasteiger partial charge is 0.280 e. The minimum atomic E-state index is -0.855. The molecule has 190 valence electrons. The predicted molar refractivity (Wildman–Crippen MR) is 144 cm³/mol. The highest BCUT2D eigenvalue weighted by Crippen LogP contribution is 2.47. The van der Waals surface area contributed by atoms with E-state index in [2.05, 4.69) is 19.2 Å². The summed E-state index contributed by atoms with van der Waals surface area (Å²) in [5.74, 6) is -0.0671. The average molecular weight is 527 g/mol. The molecule has 5 rings (SSSR count). The summed E-state index contributed by atoms with van der Waals surface area (Å²) in [4.78, 5) is 15.9. The van der Waals surface area contributed by atoms with E-state index in [1.165, 1.54) is 0 Å². The van der Waals surface area contributed by atoms with Crippen LogP contribution in [0.1, 0.15) is 77.1 Å². The van der Waals surface area contributed by atoms with Gasteiger partial charge in [0.1, 0.15) is 0 Å². The Labute approximate surface area is 222 Å². The molecule has 2 aliphatic heterocycles. The number of piperidine rings is 1. The summed E-state index contributed by atoms with van der Waals surface area (Å²) in [5.41, 5.74) is 5.18. The number of carbonyl (C=O) groups is 1. The summed E-state index contributed by atoms with van der Waals surface area (Å²) in [6, 6.07) is 11.0. The van der Waals surface area contributed by atoms with E-state index < -0.39 is 5.60 Å². The molecule has 3 heterocycles. The lowest BCUT2D eigenvalue weighted by molar-refractivity contribution is -0.00918. The molecule has 0 spiro atoms. The molecule has 6 nitrogen and oxygen atoms in total. The highest BCUT2D eigenvalue weighted by molar-refractivity contribution is 6.31. The molecule has 8 heteroatoms. The number of halogens is 2. The van der Waals surface area contributed by atoms with Crippen molar-refractivity contribution in [3.63, 3.8) is 0 Å². The number of carbonyl (C=O) groups excluding carboxylic acids is 1. The second-order valence-corrected chi connectivity index (χ2v) is 11.3. The molecule has 1 atom stereocenters. The van der Waals surface area contributed by atoms with Gasteiger partial charge >= 0.3 is 0 Å². The number of nitrogens with one attached hydrogen (secondary N) is 1. The second-order valence-electron chi connectivity index (χ2n) is 10.4. The molecule has 36 heavy (non-hydrogen) atoms. The Morgan fingerprint density at radius 2 is 1.75 bits per heavy atom. The van der Waals surface area contributed by atoms with Gasteiger partial charge in [-0.25, -0.2) is 0 Å². The third kappa shape index (κ3) is 4.34. The SMILES string of the molecule is Cc1cc(Cl)ccc1C1c2c(nn(CC3(O)CCNCC3)c2C(C)C)C(=O)N1c1cc(Cl)ccc1C. The van der Waals surface area contributed by atoms with Crippen molar-refractivity contribution in [2.75, 3.05) is 18.0 Å². The topological polar surface area (TPSA) is 70.4 Å². The number of rotatable bonds is 5. The molecule has 2 N–H and O–H groups in total. The van der Waals surface area contributed by atoms with Crippen molar-refractivity contribution in [1.29, 1.82) is 0 Å². The highest BCUT2D eigenvalue weighted by atomic mass is 35.5. The van der Waals surface area contributed by atoms with Gasteiger partial charge in [-0.15, -0.1) is 0 Å². The van der Waals surface area contributed by atoms with Crippen molar-refractivity contribution in [2.45, 2.75) is 64.6 Å². The van der Waals surface area contributed by atoms with Crippen LogP contribution in [0.4, 0.5) is 5.69 Å². The Balaban J connectivity index is 1.72. The molecular formula is C28H32Cl2N4O2. The summed E-state index contributed by atoms with van der Waals surface area (Å²) >= 11 is 12.7. The van der Waals surface area contributed by atoms with Gasteiger partial charge in [-0.05, 0) is 86.7 Å². The number of aryl methyl sites for hydroxylation is 2. The first-order valence-electron chi connectivity index (χ1n) is 12.5. The van der Waals surface area contributed by atoms with Crippen LogP contribution in [-0.2, 0) is 6.54 Å². The fraction of sp³-hybridized carbons (Fsp3) is 0.429. The van der Waals surface area contributed by atoms with Gasteiger partial charge in [0, 0.05) is 27.0 Å². The van der Waals surface area contributed by atoms with Crippen LogP contribution in [0, 0.1) is 13.8 Å². The van der Waals surface area contributed by atoms with Gasteiger partial charge in [-0.2, -0.15) is 5.10 Å². The van der Waals surface area contributed by atoms with Gasteiger partial charge in [0.05, 0.1) is 18.2 Å². The minimum Gasteiger partial charge on any atom is -0.388 e. The number of benzene rings is 2. The van der Waals surface area contributed by atoms with E-state index in [-0.39, 0.29) is 17.9 Å². The normalized spacial score (nSPS) is 19.3. The van der Waals surface area contributed by atoms with Crippen molar-refractivity contribution in [3.8, 4) is 0 Å². The van der Waals surface area contributed by atoms with Crippen LogP contribution in [0.5, 0.6) is 0 Å². The van der Waals surface area contributed by atoms with Gasteiger partial charge in [0.2, 0.25) is 0 Å². The summed E-state index contributed by atoms with van der Waals surface area (Å²) in [6.45, 7) is 10.1. The Morgan fingerprint density at radius 3 is 2.42 bits per heavy atom. The van der Waals surface area contributed by atoms with E-state index in [9.17, 15) is 9.90 Å². The molecule has 2 aromatic carbocycles. The van der Waals surface area contributed by atoms with Crippen molar-refractivity contribution in [2.24, 2.45) is 0 Å². The van der Waals surface area contributed by atoms with E-state index in [1.807, 2.05) is 59.8 Å². The Bertz CT molecular complexity index is 1330. The average Bonchev–Trinajstić information content (AvgIpc) is 3.30. The maximum absolute atomic E-state index is 14.1. The third-order valence-electron chi connectivity index (χ3n) is 7.47. The van der Waals surface area contributed by atoms with Crippen molar-refractivity contribution < 1.29 is 9.90 Å². The third-order valence-corrected chi connectivity index (χ3v) is 7.94. The zero-order valence-electron chi connectivity index (χ0n) is 21.1. The molecule has 0 radical (unpaired) electrons. The van der Waals surface area contributed by atoms with Crippen molar-refractivity contribution in [3.05, 3.63) is 80.1 Å². The lowest BCUT2D eigenvalue weighted by Crippen LogP contribution is -2.45. The summed E-state index contributed by atoms with van der Waals surface area (Å²) in [5, 5.41) is 20.7. The molecule has 0 saturated carbocycles. The number of aromatic nitrogens is 2. The predicted octanol–water partition coefficient (Wildman–Crippen LogP) is 5.79. The standard InChI is InChI=1S/C28H32Cl2N4O2/c1-16(2)25-23-24(32-33(25)15-28(36)9-11-31-12-10-28)27(35)34(22-14-20(30)6-5-17(22)3)26(23)21-8-7-19(29)13-18(21)4/h5-8,13-14,16,26,31,36H,9-12,15H2,1-4H3. The lowest BCUT2D eigenvalue weighted by Gasteiger charge is -2.34. The van der Waals surface area contributed by atoms with Crippen LogP contribution < -0.4 is 10.2 Å². The molecule has 1 saturated heterocycles. The van der Waals surface area contributed by atoms with Crippen LogP contribution >= 0.6 is 23.2 Å². The molecule has 1 unspecified atom stereocenters. The lowest BCUT2D eigenvalue weighted by atomic mass is 9.90. The van der Waals surface area contributed by atoms with E-state index in [4.69, 9.17) is 28.3 Å². The molecule has 0 bridgehead atoms. The number of aliphatic hydroxyl groups is 1. The van der Waals surface area contributed by atoms with Crippen LogP contribution in [0.2, 0.25) is 10.0 Å². The monoisotopic (exact) mass is 526 g/mol. The Hall–Kier alpha value is -2.38. The first-order valence-corrected chi connectivity index (χ1v) is 13.2. The molecule has 1 fully saturated rings. The first-order chi connectivity index (χ1) is 17.1. The van der Waals surface area contributed by atoms with E-state index in [0.29, 0.717) is 35.1 Å². The largest absolute Gasteiger partial charge is 0.388 e. The number of fused-ring (bicyclic) bond motifs is 1. The molecule has 3 aromatic rings. The van der Waals surface area contributed by atoms with E-state index in [1.54, 1.807) is 0 Å². The summed E-state index contributed by atoms with van der Waals surface area (Å²) < 4.78 is 1.89. The molecule has 2 aliphatic rings. The van der Waals surface area contributed by atoms with Crippen molar-refractivity contribution >= 4 is 34.8 Å². The molecule has 0 aliphatic carbocycles. The summed E-state index contributed by atoms with van der Waals surface area (Å²) in [7, 11) is 0. The van der Waals surface area contributed by atoms with Gasteiger partial charge < -0.3 is 10.4 Å². The van der Waals surface area contributed by atoms with Gasteiger partial charge in [0.25, 0.3) is 5.91 Å². The highest BCUT2D eigenvalue weighted by Gasteiger charge is 2.46. The number of amides is 1. The number of hydrogen-bond donors (Lipinski definition) is 2. The number of nitrogens with zero attached hydrogens (tertiary/aromatic N) is 3. The zero-order valence-corrected chi connectivity index (χ0v) is 22.6. The molecule has 1 aromatic heterocycles. The van der Waals surface area contributed by atoms with Crippen LogP contribution in [0.3, 0.4) is 0 Å². The fourth-order valence-corrected chi connectivity index (χ4v) is 6.06. The van der Waals surface area contributed by atoms with Crippen LogP contribution in [0.15, 0.2) is 36.4 Å². The Morgan fingerprint density at radius 1 is 1.08 bits per heavy atom. The molecular weight excluding hydrogens is 495 g/mol. The fourth-order valence-electron chi connectivity index (χ4n) is 5.67. The quantitative estimate of drug-likeness (QED) is 0.441. The van der Waals surface area contributed by atoms with Gasteiger partial charge in [-0.3, -0.25) is 14.4 Å². The van der Waals surface area contributed by atoms with Crippen LogP contribution in [0.25, 0.3) is 0 Å². The Kier molecular flexibility index (Phi) is 6.66. The van der Waals surface area contributed by atoms with Crippen molar-refractivity contribution in [1.82, 2.24) is 15.1 Å². The number of hydrogen-bond acceptors (Lipinski definition) is 4. The molecule has 1 amide bonds. The number of anilines is 1. The van der Waals surface area contributed by atoms with Gasteiger partial charge in [0.15, 0.2) is 5.69 Å². The maximum atomic E-state index is 14.1. The zero-order chi connectivity index (χ0) is 25.8. The van der Waals surface area contributed by atoms with Gasteiger partial charge in [-0.1, -0.05) is 49.2 Å². The van der Waals surface area contributed by atoms with E-state index >= 15 is 0 Å². The minimum absolute atomic E-state index is 0.0925.